The Bertz CT molecular complexity index is 1160. The van der Waals surface area contributed by atoms with Gasteiger partial charge < -0.3 is 0 Å². The second-order valence-corrected chi connectivity index (χ2v) is 7.93. The highest BCUT2D eigenvalue weighted by molar-refractivity contribution is 7.16. The van der Waals surface area contributed by atoms with Crippen LogP contribution in [0.3, 0.4) is 0 Å². The molecule has 0 aliphatic heterocycles. The number of halogens is 1. The Kier molecular flexibility index (Phi) is 4.93. The van der Waals surface area contributed by atoms with Crippen molar-refractivity contribution >= 4 is 55.5 Å². The van der Waals surface area contributed by atoms with Crippen molar-refractivity contribution in [3.05, 3.63) is 68.6 Å². The fourth-order valence-electron chi connectivity index (χ4n) is 2.55. The molecular formula is C18H13ClN4O2S2. The van der Waals surface area contributed by atoms with E-state index in [0.29, 0.717) is 10.2 Å². The van der Waals surface area contributed by atoms with Crippen LogP contribution in [0.5, 0.6) is 0 Å². The maximum Gasteiger partial charge on any atom is 0.308 e. The van der Waals surface area contributed by atoms with E-state index in [9.17, 15) is 9.59 Å². The minimum Gasteiger partial charge on any atom is -0.289 e. The Hall–Kier alpha value is -2.68. The number of rotatable bonds is 5. The van der Waals surface area contributed by atoms with Crippen LogP contribution in [0.2, 0.25) is 5.02 Å². The number of hydrogen-bond acceptors (Lipinski definition) is 6. The molecule has 4 rings (SSSR count). The first-order valence-corrected chi connectivity index (χ1v) is 10.0. The van der Waals surface area contributed by atoms with Crippen LogP contribution in [-0.4, -0.2) is 15.5 Å². The standard InChI is InChI=1S/C18H13ClN4O2S2/c19-12-7-5-11(6-8-12)13-10-26-17(20-13)22-21-16(24)9-23-14-3-1-2-4-15(14)27-18(23)25/h1-8,10H,9H2,(H,20,22)(H,21,24). The number of hydrazine groups is 1. The summed E-state index contributed by atoms with van der Waals surface area (Å²) in [4.78, 5) is 28.6. The average Bonchev–Trinajstić information content (AvgIpc) is 3.26. The van der Waals surface area contributed by atoms with Crippen molar-refractivity contribution in [3.8, 4) is 11.3 Å². The van der Waals surface area contributed by atoms with Gasteiger partial charge in [-0.25, -0.2) is 4.98 Å². The largest absolute Gasteiger partial charge is 0.308 e. The van der Waals surface area contributed by atoms with E-state index in [1.165, 1.54) is 15.9 Å². The monoisotopic (exact) mass is 416 g/mol. The third kappa shape index (κ3) is 3.87. The number of para-hydroxylation sites is 1. The quantitative estimate of drug-likeness (QED) is 0.482. The summed E-state index contributed by atoms with van der Waals surface area (Å²) < 4.78 is 2.31. The Balaban J connectivity index is 1.41. The molecule has 0 bridgehead atoms. The molecule has 0 unspecified atom stereocenters. The van der Waals surface area contributed by atoms with Crippen molar-refractivity contribution in [3.63, 3.8) is 0 Å². The number of amides is 1. The van der Waals surface area contributed by atoms with E-state index >= 15 is 0 Å². The fraction of sp³-hybridized carbons (Fsp3) is 0.0556. The van der Waals surface area contributed by atoms with E-state index < -0.39 is 0 Å². The molecule has 9 heteroatoms. The fourth-order valence-corrected chi connectivity index (χ4v) is 4.24. The number of carbonyl (C=O) groups is 1. The molecule has 6 nitrogen and oxygen atoms in total. The maximum atomic E-state index is 12.2. The van der Waals surface area contributed by atoms with Gasteiger partial charge in [-0.3, -0.25) is 25.0 Å². The number of thiazole rings is 2. The van der Waals surface area contributed by atoms with Gasteiger partial charge in [0.1, 0.15) is 6.54 Å². The summed E-state index contributed by atoms with van der Waals surface area (Å²) >= 11 is 8.39. The molecule has 27 heavy (non-hydrogen) atoms. The van der Waals surface area contributed by atoms with Gasteiger partial charge in [-0.05, 0) is 24.3 Å². The minimum absolute atomic E-state index is 0.0642. The van der Waals surface area contributed by atoms with Crippen LogP contribution in [0.1, 0.15) is 0 Å². The van der Waals surface area contributed by atoms with E-state index in [1.54, 1.807) is 12.1 Å². The molecule has 0 aliphatic carbocycles. The molecule has 2 N–H and O–H groups in total. The highest BCUT2D eigenvalue weighted by Gasteiger charge is 2.11. The molecule has 0 fully saturated rings. The van der Waals surface area contributed by atoms with Crippen molar-refractivity contribution in [1.82, 2.24) is 15.0 Å². The van der Waals surface area contributed by atoms with Gasteiger partial charge in [0, 0.05) is 16.0 Å². The van der Waals surface area contributed by atoms with Crippen LogP contribution < -0.4 is 15.7 Å². The molecule has 1 amide bonds. The zero-order valence-corrected chi connectivity index (χ0v) is 16.2. The van der Waals surface area contributed by atoms with Gasteiger partial charge in [0.05, 0.1) is 15.9 Å². The highest BCUT2D eigenvalue weighted by Crippen LogP contribution is 2.25. The third-order valence-electron chi connectivity index (χ3n) is 3.83. The van der Waals surface area contributed by atoms with E-state index in [-0.39, 0.29) is 17.3 Å². The van der Waals surface area contributed by atoms with Crippen LogP contribution in [0.25, 0.3) is 21.5 Å². The lowest BCUT2D eigenvalue weighted by atomic mass is 10.2. The van der Waals surface area contributed by atoms with Gasteiger partial charge >= 0.3 is 4.87 Å². The van der Waals surface area contributed by atoms with Crippen molar-refractivity contribution in [2.24, 2.45) is 0 Å². The first-order chi connectivity index (χ1) is 13.1. The molecule has 0 spiro atoms. The van der Waals surface area contributed by atoms with E-state index in [1.807, 2.05) is 41.8 Å². The summed E-state index contributed by atoms with van der Waals surface area (Å²) in [5, 5.41) is 3.10. The molecule has 2 aromatic heterocycles. The van der Waals surface area contributed by atoms with Gasteiger partial charge in [0.15, 0.2) is 0 Å². The lowest BCUT2D eigenvalue weighted by Crippen LogP contribution is -2.34. The van der Waals surface area contributed by atoms with E-state index in [2.05, 4.69) is 15.8 Å². The zero-order chi connectivity index (χ0) is 18.8. The molecule has 136 valence electrons. The molecule has 2 heterocycles. The molecule has 0 atom stereocenters. The number of nitrogens with zero attached hydrogens (tertiary/aromatic N) is 2. The lowest BCUT2D eigenvalue weighted by Gasteiger charge is -2.06. The van der Waals surface area contributed by atoms with Crippen molar-refractivity contribution < 1.29 is 4.79 Å². The Morgan fingerprint density at radius 3 is 2.74 bits per heavy atom. The van der Waals surface area contributed by atoms with Gasteiger partial charge in [0.2, 0.25) is 5.13 Å². The Labute approximate surface area is 167 Å². The third-order valence-corrected chi connectivity index (χ3v) is 5.80. The second kappa shape index (κ2) is 7.51. The summed E-state index contributed by atoms with van der Waals surface area (Å²) in [6, 6.07) is 14.8. The van der Waals surface area contributed by atoms with Crippen molar-refractivity contribution in [1.29, 1.82) is 0 Å². The predicted molar refractivity (Wildman–Crippen MR) is 110 cm³/mol. The second-order valence-electron chi connectivity index (χ2n) is 5.64. The van der Waals surface area contributed by atoms with Gasteiger partial charge in [-0.15, -0.1) is 11.3 Å². The summed E-state index contributed by atoms with van der Waals surface area (Å²) in [5.74, 6) is -0.330. The summed E-state index contributed by atoms with van der Waals surface area (Å²) in [7, 11) is 0. The Morgan fingerprint density at radius 1 is 1.15 bits per heavy atom. The first-order valence-electron chi connectivity index (χ1n) is 7.95. The average molecular weight is 417 g/mol. The Morgan fingerprint density at radius 2 is 1.93 bits per heavy atom. The molecule has 4 aromatic rings. The summed E-state index contributed by atoms with van der Waals surface area (Å²) in [6.45, 7) is -0.0642. The van der Waals surface area contributed by atoms with Crippen molar-refractivity contribution in [2.75, 3.05) is 5.43 Å². The number of nitrogens with one attached hydrogen (secondary N) is 2. The molecule has 0 saturated heterocycles. The number of aromatic nitrogens is 2. The number of anilines is 1. The molecular weight excluding hydrogens is 404 g/mol. The van der Waals surface area contributed by atoms with Gasteiger partial charge in [-0.2, -0.15) is 0 Å². The molecule has 0 aliphatic rings. The molecule has 2 aromatic carbocycles. The van der Waals surface area contributed by atoms with E-state index in [4.69, 9.17) is 11.6 Å². The first kappa shape index (κ1) is 17.7. The topological polar surface area (TPSA) is 76.0 Å². The molecule has 0 radical (unpaired) electrons. The van der Waals surface area contributed by atoms with Crippen molar-refractivity contribution in [2.45, 2.75) is 6.54 Å². The summed E-state index contributed by atoms with van der Waals surface area (Å²) in [5.41, 5.74) is 7.86. The predicted octanol–water partition coefficient (Wildman–Crippen LogP) is 3.98. The number of hydrogen-bond donors (Lipinski definition) is 2. The van der Waals surface area contributed by atoms with Gasteiger partial charge in [-0.1, -0.05) is 47.2 Å². The number of carbonyl (C=O) groups excluding carboxylic acids is 1. The van der Waals surface area contributed by atoms with Crippen LogP contribution in [0.15, 0.2) is 58.7 Å². The van der Waals surface area contributed by atoms with Crippen LogP contribution in [-0.2, 0) is 11.3 Å². The smallest absolute Gasteiger partial charge is 0.289 e. The number of fused-ring (bicyclic) bond motifs is 1. The van der Waals surface area contributed by atoms with Crippen LogP contribution >= 0.6 is 34.3 Å². The molecule has 0 saturated carbocycles. The maximum absolute atomic E-state index is 12.2. The highest BCUT2D eigenvalue weighted by atomic mass is 35.5. The van der Waals surface area contributed by atoms with E-state index in [0.717, 1.165) is 32.8 Å². The lowest BCUT2D eigenvalue weighted by molar-refractivity contribution is -0.121. The minimum atomic E-state index is -0.330. The normalized spacial score (nSPS) is 10.9. The van der Waals surface area contributed by atoms with Crippen LogP contribution in [0.4, 0.5) is 5.13 Å². The SMILES string of the molecule is O=C(Cn1c(=O)sc2ccccc21)NNc1nc(-c2ccc(Cl)cc2)cs1. The van der Waals surface area contributed by atoms with Gasteiger partial charge in [0.25, 0.3) is 5.91 Å². The summed E-state index contributed by atoms with van der Waals surface area (Å²) in [6.07, 6.45) is 0. The van der Waals surface area contributed by atoms with Crippen LogP contribution in [0, 0.1) is 0 Å². The zero-order valence-electron chi connectivity index (χ0n) is 13.8. The number of benzene rings is 2.